The fraction of sp³-hybridized carbons (Fsp3) is 0.474. The van der Waals surface area contributed by atoms with Crippen molar-refractivity contribution < 1.29 is 29.2 Å². The van der Waals surface area contributed by atoms with Gasteiger partial charge in [0.05, 0.1) is 13.2 Å². The number of hydrogen-bond acceptors (Lipinski definition) is 8. The van der Waals surface area contributed by atoms with Crippen molar-refractivity contribution in [3.05, 3.63) is 58.6 Å². The van der Waals surface area contributed by atoms with Crippen LogP contribution in [0.25, 0.3) is 0 Å². The Labute approximate surface area is 161 Å². The standard InChI is InChI=1S/C19H22N2O7/c1-2-25-13-8-9-21(19(24)20-13)17-15(23)14(22)16-12(27-17)10-26-18(28-16)11-6-4-3-5-7-11/h3-9,12,14-18,22-23H,2,10H2,1H3. The molecule has 1 aromatic carbocycles. The van der Waals surface area contributed by atoms with Crippen molar-refractivity contribution in [3.8, 4) is 5.88 Å². The number of ether oxygens (including phenoxy) is 4. The minimum atomic E-state index is -1.38. The summed E-state index contributed by atoms with van der Waals surface area (Å²) in [7, 11) is 0. The molecule has 150 valence electrons. The first-order valence-corrected chi connectivity index (χ1v) is 9.14. The molecule has 2 aliphatic heterocycles. The van der Waals surface area contributed by atoms with E-state index in [-0.39, 0.29) is 12.5 Å². The molecule has 2 saturated heterocycles. The van der Waals surface area contributed by atoms with Crippen molar-refractivity contribution in [2.45, 2.75) is 43.9 Å². The van der Waals surface area contributed by atoms with Crippen molar-refractivity contribution in [2.24, 2.45) is 0 Å². The zero-order valence-corrected chi connectivity index (χ0v) is 15.2. The minimum Gasteiger partial charge on any atom is -0.478 e. The molecular weight excluding hydrogens is 368 g/mol. The number of aliphatic hydroxyl groups excluding tert-OH is 2. The Morgan fingerprint density at radius 3 is 2.68 bits per heavy atom. The number of nitrogens with zero attached hydrogens (tertiary/aromatic N) is 2. The maximum Gasteiger partial charge on any atom is 0.353 e. The Balaban J connectivity index is 1.53. The zero-order chi connectivity index (χ0) is 19.7. The molecule has 0 saturated carbocycles. The largest absolute Gasteiger partial charge is 0.478 e. The molecule has 0 radical (unpaired) electrons. The Kier molecular flexibility index (Phi) is 5.42. The summed E-state index contributed by atoms with van der Waals surface area (Å²) in [6, 6.07) is 10.8. The van der Waals surface area contributed by atoms with Gasteiger partial charge in [-0.05, 0) is 6.92 Å². The van der Waals surface area contributed by atoms with E-state index >= 15 is 0 Å². The average molecular weight is 390 g/mol. The first-order chi connectivity index (χ1) is 13.6. The highest BCUT2D eigenvalue weighted by atomic mass is 16.7. The summed E-state index contributed by atoms with van der Waals surface area (Å²) in [5, 5.41) is 21.2. The van der Waals surface area contributed by atoms with E-state index in [1.807, 2.05) is 30.3 Å². The molecule has 28 heavy (non-hydrogen) atoms. The van der Waals surface area contributed by atoms with Crippen LogP contribution in [0, 0.1) is 0 Å². The van der Waals surface area contributed by atoms with Gasteiger partial charge in [-0.15, -0.1) is 0 Å². The van der Waals surface area contributed by atoms with Crippen LogP contribution in [0.5, 0.6) is 5.88 Å². The van der Waals surface area contributed by atoms with E-state index in [0.717, 1.165) is 10.1 Å². The van der Waals surface area contributed by atoms with Crippen molar-refractivity contribution in [1.82, 2.24) is 9.55 Å². The summed E-state index contributed by atoms with van der Waals surface area (Å²) in [6.45, 7) is 2.30. The van der Waals surface area contributed by atoms with E-state index in [4.69, 9.17) is 18.9 Å². The monoisotopic (exact) mass is 390 g/mol. The van der Waals surface area contributed by atoms with Crippen molar-refractivity contribution in [3.63, 3.8) is 0 Å². The van der Waals surface area contributed by atoms with E-state index in [0.29, 0.717) is 6.61 Å². The van der Waals surface area contributed by atoms with Gasteiger partial charge in [-0.25, -0.2) is 4.79 Å². The molecule has 9 heteroatoms. The molecule has 2 N–H and O–H groups in total. The van der Waals surface area contributed by atoms with Crippen molar-refractivity contribution >= 4 is 0 Å². The maximum atomic E-state index is 12.3. The molecule has 4 rings (SSSR count). The summed E-state index contributed by atoms with van der Waals surface area (Å²) in [5.41, 5.74) is 0.150. The van der Waals surface area contributed by atoms with Gasteiger partial charge < -0.3 is 29.2 Å². The second kappa shape index (κ2) is 7.98. The third-order valence-corrected chi connectivity index (χ3v) is 4.79. The first kappa shape index (κ1) is 19.0. The molecule has 0 aliphatic carbocycles. The molecular formula is C19H22N2O7. The van der Waals surface area contributed by atoms with Gasteiger partial charge in [0, 0.05) is 17.8 Å². The predicted octanol–water partition coefficient (Wildman–Crippen LogP) is 0.375. The Hall–Kier alpha value is -2.30. The summed E-state index contributed by atoms with van der Waals surface area (Å²) in [4.78, 5) is 16.1. The van der Waals surface area contributed by atoms with E-state index < -0.39 is 42.6 Å². The normalized spacial score (nSPS) is 32.5. The van der Waals surface area contributed by atoms with Gasteiger partial charge in [0.1, 0.15) is 24.4 Å². The van der Waals surface area contributed by atoms with Gasteiger partial charge in [0.25, 0.3) is 0 Å². The molecule has 0 bridgehead atoms. The minimum absolute atomic E-state index is 0.143. The van der Waals surface area contributed by atoms with Crippen molar-refractivity contribution in [1.29, 1.82) is 0 Å². The summed E-state index contributed by atoms with van der Waals surface area (Å²) in [6.07, 6.45) is -4.46. The lowest BCUT2D eigenvalue weighted by atomic mass is 9.97. The van der Waals surface area contributed by atoms with Crippen LogP contribution >= 0.6 is 0 Å². The topological polar surface area (TPSA) is 112 Å². The lowest BCUT2D eigenvalue weighted by Gasteiger charge is -2.46. The zero-order valence-electron chi connectivity index (χ0n) is 15.2. The van der Waals surface area contributed by atoms with Crippen LogP contribution in [0.15, 0.2) is 47.4 Å². The second-order valence-corrected chi connectivity index (χ2v) is 6.61. The van der Waals surface area contributed by atoms with Crippen LogP contribution < -0.4 is 10.4 Å². The second-order valence-electron chi connectivity index (χ2n) is 6.61. The number of hydrogen-bond donors (Lipinski definition) is 2. The third kappa shape index (κ3) is 3.54. The fourth-order valence-electron chi connectivity index (χ4n) is 3.42. The molecule has 3 heterocycles. The quantitative estimate of drug-likeness (QED) is 0.770. The number of fused-ring (bicyclic) bond motifs is 1. The number of rotatable bonds is 4. The summed E-state index contributed by atoms with van der Waals surface area (Å²) in [5.74, 6) is 0.183. The van der Waals surface area contributed by atoms with Gasteiger partial charge in [-0.1, -0.05) is 30.3 Å². The van der Waals surface area contributed by atoms with Gasteiger partial charge in [-0.3, -0.25) is 4.57 Å². The average Bonchev–Trinajstić information content (AvgIpc) is 2.72. The van der Waals surface area contributed by atoms with Crippen LogP contribution in [0.3, 0.4) is 0 Å². The highest BCUT2D eigenvalue weighted by molar-refractivity contribution is 5.16. The summed E-state index contributed by atoms with van der Waals surface area (Å²) >= 11 is 0. The Bertz CT molecular complexity index is 857. The van der Waals surface area contributed by atoms with Crippen molar-refractivity contribution in [2.75, 3.05) is 13.2 Å². The number of benzene rings is 1. The SMILES string of the molecule is CCOc1ccn(C2OC3COC(c4ccccc4)OC3C(O)C2O)c(=O)n1. The first-order valence-electron chi connectivity index (χ1n) is 9.14. The molecule has 0 spiro atoms. The van der Waals surface area contributed by atoms with Gasteiger partial charge in [0.15, 0.2) is 12.5 Å². The lowest BCUT2D eigenvalue weighted by Crippen LogP contribution is -2.60. The Morgan fingerprint density at radius 2 is 1.96 bits per heavy atom. The number of aromatic nitrogens is 2. The smallest absolute Gasteiger partial charge is 0.353 e. The van der Waals surface area contributed by atoms with Crippen LogP contribution in [0.4, 0.5) is 0 Å². The van der Waals surface area contributed by atoms with Gasteiger partial charge in [-0.2, -0.15) is 4.98 Å². The third-order valence-electron chi connectivity index (χ3n) is 4.79. The highest BCUT2D eigenvalue weighted by Gasteiger charge is 2.49. The molecule has 0 amide bonds. The Morgan fingerprint density at radius 1 is 1.18 bits per heavy atom. The lowest BCUT2D eigenvalue weighted by molar-refractivity contribution is -0.339. The molecule has 2 aromatic rings. The molecule has 6 unspecified atom stereocenters. The fourth-order valence-corrected chi connectivity index (χ4v) is 3.42. The van der Waals surface area contributed by atoms with E-state index in [9.17, 15) is 15.0 Å². The highest BCUT2D eigenvalue weighted by Crippen LogP contribution is 2.36. The maximum absolute atomic E-state index is 12.3. The number of aliphatic hydroxyl groups is 2. The van der Waals surface area contributed by atoms with E-state index in [1.54, 1.807) is 6.92 Å². The van der Waals surface area contributed by atoms with Gasteiger partial charge >= 0.3 is 5.69 Å². The molecule has 1 aromatic heterocycles. The molecule has 9 nitrogen and oxygen atoms in total. The molecule has 2 aliphatic rings. The van der Waals surface area contributed by atoms with Crippen LogP contribution in [0.2, 0.25) is 0 Å². The van der Waals surface area contributed by atoms with Gasteiger partial charge in [0.2, 0.25) is 5.88 Å². The molecule has 2 fully saturated rings. The van der Waals surface area contributed by atoms with Crippen LogP contribution in [0.1, 0.15) is 25.0 Å². The van der Waals surface area contributed by atoms with E-state index in [2.05, 4.69) is 4.98 Å². The molecule has 6 atom stereocenters. The van der Waals surface area contributed by atoms with Crippen LogP contribution in [-0.4, -0.2) is 57.4 Å². The summed E-state index contributed by atoms with van der Waals surface area (Å²) < 4.78 is 23.7. The predicted molar refractivity (Wildman–Crippen MR) is 95.6 cm³/mol. The van der Waals surface area contributed by atoms with Crippen LogP contribution in [-0.2, 0) is 14.2 Å². The van der Waals surface area contributed by atoms with E-state index in [1.165, 1.54) is 12.3 Å².